The van der Waals surface area contributed by atoms with Crippen molar-refractivity contribution in [1.82, 2.24) is 15.5 Å². The fourth-order valence-corrected chi connectivity index (χ4v) is 4.52. The van der Waals surface area contributed by atoms with E-state index in [1.165, 1.54) is 0 Å². The number of carbonyl (C=O) groups is 3. The van der Waals surface area contributed by atoms with Crippen molar-refractivity contribution in [3.05, 3.63) is 29.3 Å². The third-order valence-corrected chi connectivity index (χ3v) is 6.33. The van der Waals surface area contributed by atoms with Gasteiger partial charge in [0.05, 0.1) is 0 Å². The lowest BCUT2D eigenvalue weighted by Crippen LogP contribution is -2.54. The molecular weight excluding hydrogens is 380 g/mol. The van der Waals surface area contributed by atoms with Gasteiger partial charge in [0.15, 0.2) is 0 Å². The number of imide groups is 1. The molecule has 2 saturated heterocycles. The first-order valence-electron chi connectivity index (χ1n) is 9.82. The Morgan fingerprint density at radius 1 is 1.18 bits per heavy atom. The maximum Gasteiger partial charge on any atom is 0.322 e. The summed E-state index contributed by atoms with van der Waals surface area (Å²) in [6.07, 6.45) is 2.17. The Hall–Kier alpha value is -2.28. The van der Waals surface area contributed by atoms with Gasteiger partial charge in [0.25, 0.3) is 5.91 Å². The van der Waals surface area contributed by atoms with E-state index in [0.29, 0.717) is 24.5 Å². The highest BCUT2D eigenvalue weighted by atomic mass is 35.5. The van der Waals surface area contributed by atoms with E-state index in [-0.39, 0.29) is 23.7 Å². The van der Waals surface area contributed by atoms with Crippen LogP contribution in [0.4, 0.5) is 10.5 Å². The zero-order chi connectivity index (χ0) is 19.9. The Morgan fingerprint density at radius 3 is 2.36 bits per heavy atom. The molecule has 2 N–H and O–H groups in total. The lowest BCUT2D eigenvalue weighted by molar-refractivity contribution is -0.136. The first-order chi connectivity index (χ1) is 13.4. The Morgan fingerprint density at radius 2 is 1.82 bits per heavy atom. The molecule has 0 spiro atoms. The lowest BCUT2D eigenvalue weighted by Gasteiger charge is -2.38. The van der Waals surface area contributed by atoms with Gasteiger partial charge in [-0.1, -0.05) is 18.5 Å². The van der Waals surface area contributed by atoms with Gasteiger partial charge in [-0.3, -0.25) is 14.9 Å². The van der Waals surface area contributed by atoms with E-state index in [2.05, 4.69) is 15.5 Å². The van der Waals surface area contributed by atoms with Gasteiger partial charge in [-0.2, -0.15) is 0 Å². The molecule has 3 fully saturated rings. The van der Waals surface area contributed by atoms with Crippen LogP contribution >= 0.6 is 11.6 Å². The molecule has 1 saturated carbocycles. The van der Waals surface area contributed by atoms with E-state index in [1.807, 2.05) is 36.1 Å². The highest BCUT2D eigenvalue weighted by Gasteiger charge is 2.56. The van der Waals surface area contributed by atoms with Crippen molar-refractivity contribution in [3.63, 3.8) is 0 Å². The SMILES string of the molecule is CC(CC1(C2CC2)NC(=O)NC1=O)C(=O)N1CCN(c2ccc(Cl)cc2)CC1. The monoisotopic (exact) mass is 404 g/mol. The summed E-state index contributed by atoms with van der Waals surface area (Å²) < 4.78 is 0. The summed E-state index contributed by atoms with van der Waals surface area (Å²) in [6.45, 7) is 4.65. The summed E-state index contributed by atoms with van der Waals surface area (Å²) in [5, 5.41) is 5.87. The summed E-state index contributed by atoms with van der Waals surface area (Å²) in [6, 6.07) is 7.27. The van der Waals surface area contributed by atoms with Crippen molar-refractivity contribution in [2.45, 2.75) is 31.7 Å². The van der Waals surface area contributed by atoms with Crippen LogP contribution in [0.15, 0.2) is 24.3 Å². The molecule has 3 aliphatic rings. The maximum atomic E-state index is 13.0. The second kappa shape index (κ2) is 7.28. The van der Waals surface area contributed by atoms with Crippen LogP contribution in [0.5, 0.6) is 0 Å². The van der Waals surface area contributed by atoms with E-state index < -0.39 is 11.6 Å². The van der Waals surface area contributed by atoms with Crippen molar-refractivity contribution >= 4 is 35.1 Å². The van der Waals surface area contributed by atoms with Gasteiger partial charge in [-0.25, -0.2) is 4.79 Å². The summed E-state index contributed by atoms with van der Waals surface area (Å²) in [7, 11) is 0. The standard InChI is InChI=1S/C20H25ClN4O3/c1-13(12-20(14-2-3-14)18(27)22-19(28)23-20)17(26)25-10-8-24(9-11-25)16-6-4-15(21)5-7-16/h4-7,13-14H,2-3,8-12H2,1H3,(H2,22,23,27,28). The number of benzene rings is 1. The van der Waals surface area contributed by atoms with Crippen LogP contribution in [0.25, 0.3) is 0 Å². The number of halogens is 1. The summed E-state index contributed by atoms with van der Waals surface area (Å²) >= 11 is 5.95. The first-order valence-corrected chi connectivity index (χ1v) is 10.2. The molecule has 1 aromatic rings. The minimum absolute atomic E-state index is 0.0460. The van der Waals surface area contributed by atoms with Crippen LogP contribution in [0, 0.1) is 11.8 Å². The van der Waals surface area contributed by atoms with Crippen LogP contribution in [-0.4, -0.2) is 54.5 Å². The van der Waals surface area contributed by atoms with Gasteiger partial charge in [0, 0.05) is 42.8 Å². The molecule has 0 radical (unpaired) electrons. The van der Waals surface area contributed by atoms with Gasteiger partial charge in [0.2, 0.25) is 5.91 Å². The van der Waals surface area contributed by atoms with E-state index in [9.17, 15) is 14.4 Å². The molecule has 7 nitrogen and oxygen atoms in total. The first kappa shape index (κ1) is 19.1. The predicted molar refractivity (Wildman–Crippen MR) is 106 cm³/mol. The van der Waals surface area contributed by atoms with E-state index in [0.717, 1.165) is 31.6 Å². The Kier molecular flexibility index (Phi) is 4.95. The Labute approximate surface area is 169 Å². The van der Waals surface area contributed by atoms with Crippen LogP contribution in [0.3, 0.4) is 0 Å². The van der Waals surface area contributed by atoms with Crippen LogP contribution < -0.4 is 15.5 Å². The molecule has 0 bridgehead atoms. The molecule has 150 valence electrons. The van der Waals surface area contributed by atoms with Crippen molar-refractivity contribution in [1.29, 1.82) is 0 Å². The molecule has 1 aliphatic carbocycles. The quantitative estimate of drug-likeness (QED) is 0.735. The highest BCUT2D eigenvalue weighted by Crippen LogP contribution is 2.44. The smallest absolute Gasteiger partial charge is 0.322 e. The predicted octanol–water partition coefficient (Wildman–Crippen LogP) is 2.00. The van der Waals surface area contributed by atoms with Gasteiger partial charge in [-0.15, -0.1) is 0 Å². The van der Waals surface area contributed by atoms with Crippen molar-refractivity contribution < 1.29 is 14.4 Å². The molecule has 2 atom stereocenters. The number of piperazine rings is 1. The van der Waals surface area contributed by atoms with Crippen LogP contribution in [0.2, 0.25) is 5.02 Å². The second-order valence-electron chi connectivity index (χ2n) is 8.05. The summed E-state index contributed by atoms with van der Waals surface area (Å²) in [5.41, 5.74) is 0.180. The molecule has 0 aromatic heterocycles. The zero-order valence-electron chi connectivity index (χ0n) is 15.9. The number of nitrogens with one attached hydrogen (secondary N) is 2. The van der Waals surface area contributed by atoms with Crippen LogP contribution in [0.1, 0.15) is 26.2 Å². The minimum atomic E-state index is -0.919. The molecule has 2 heterocycles. The lowest BCUT2D eigenvalue weighted by atomic mass is 9.83. The molecule has 4 rings (SSSR count). The van der Waals surface area contributed by atoms with E-state index >= 15 is 0 Å². The normalized spacial score (nSPS) is 26.1. The topological polar surface area (TPSA) is 81.8 Å². The maximum absolute atomic E-state index is 13.0. The van der Waals surface area contributed by atoms with Crippen molar-refractivity contribution in [2.75, 3.05) is 31.1 Å². The highest BCUT2D eigenvalue weighted by molar-refractivity contribution is 6.30. The average molecular weight is 405 g/mol. The number of urea groups is 1. The van der Waals surface area contributed by atoms with Gasteiger partial charge >= 0.3 is 6.03 Å². The number of anilines is 1. The number of hydrogen-bond donors (Lipinski definition) is 2. The van der Waals surface area contributed by atoms with E-state index in [4.69, 9.17) is 11.6 Å². The summed E-state index contributed by atoms with van der Waals surface area (Å²) in [4.78, 5) is 41.2. The van der Waals surface area contributed by atoms with Gasteiger partial charge in [-0.05, 0) is 49.4 Å². The number of amides is 4. The second-order valence-corrected chi connectivity index (χ2v) is 8.48. The number of rotatable bonds is 5. The molecule has 28 heavy (non-hydrogen) atoms. The molecule has 8 heteroatoms. The molecule has 4 amide bonds. The molecule has 1 aromatic carbocycles. The Balaban J connectivity index is 1.36. The van der Waals surface area contributed by atoms with Gasteiger partial charge in [0.1, 0.15) is 5.54 Å². The number of carbonyl (C=O) groups excluding carboxylic acids is 3. The van der Waals surface area contributed by atoms with Crippen molar-refractivity contribution in [2.24, 2.45) is 11.8 Å². The molecule has 2 aliphatic heterocycles. The van der Waals surface area contributed by atoms with Gasteiger partial charge < -0.3 is 15.1 Å². The third kappa shape index (κ3) is 3.55. The minimum Gasteiger partial charge on any atom is -0.368 e. The zero-order valence-corrected chi connectivity index (χ0v) is 16.7. The summed E-state index contributed by atoms with van der Waals surface area (Å²) in [5.74, 6) is -0.431. The van der Waals surface area contributed by atoms with Crippen LogP contribution in [-0.2, 0) is 9.59 Å². The Bertz CT molecular complexity index is 787. The number of hydrogen-bond acceptors (Lipinski definition) is 4. The number of nitrogens with zero attached hydrogens (tertiary/aromatic N) is 2. The molecular formula is C20H25ClN4O3. The van der Waals surface area contributed by atoms with Crippen molar-refractivity contribution in [3.8, 4) is 0 Å². The fourth-order valence-electron chi connectivity index (χ4n) is 4.40. The third-order valence-electron chi connectivity index (χ3n) is 6.08. The fraction of sp³-hybridized carbons (Fsp3) is 0.550. The molecule has 2 unspecified atom stereocenters. The van der Waals surface area contributed by atoms with E-state index in [1.54, 1.807) is 0 Å². The largest absolute Gasteiger partial charge is 0.368 e. The average Bonchev–Trinajstić information content (AvgIpc) is 3.49.